The van der Waals surface area contributed by atoms with Crippen LogP contribution in [0.5, 0.6) is 0 Å². The molecule has 0 bridgehead atoms. The van der Waals surface area contributed by atoms with Gasteiger partial charge in [0, 0.05) is 6.04 Å². The van der Waals surface area contributed by atoms with E-state index in [9.17, 15) is 4.79 Å². The molecule has 3 heteroatoms. The van der Waals surface area contributed by atoms with Gasteiger partial charge >= 0.3 is 5.97 Å². The van der Waals surface area contributed by atoms with Crippen LogP contribution in [0, 0.1) is 5.92 Å². The van der Waals surface area contributed by atoms with Gasteiger partial charge in [-0.1, -0.05) is 91.0 Å². The van der Waals surface area contributed by atoms with Crippen LogP contribution in [0.15, 0.2) is 91.0 Å². The summed E-state index contributed by atoms with van der Waals surface area (Å²) in [6, 6.07) is 32.3. The van der Waals surface area contributed by atoms with Crippen LogP contribution in [0.25, 0.3) is 0 Å². The Morgan fingerprint density at radius 2 is 1.13 bits per heavy atom. The third-order valence-electron chi connectivity index (χ3n) is 6.30. The molecule has 30 heavy (non-hydrogen) atoms. The fourth-order valence-electron chi connectivity index (χ4n) is 4.76. The first-order valence-electron chi connectivity index (χ1n) is 10.8. The molecule has 1 saturated carbocycles. The summed E-state index contributed by atoms with van der Waals surface area (Å²) in [5.74, 6) is -0.0542. The van der Waals surface area contributed by atoms with Gasteiger partial charge in [0.05, 0.1) is 18.6 Å². The molecule has 1 aliphatic carbocycles. The van der Waals surface area contributed by atoms with Crippen LogP contribution >= 0.6 is 0 Å². The first kappa shape index (κ1) is 20.4. The zero-order valence-corrected chi connectivity index (χ0v) is 17.5. The predicted octanol–water partition coefficient (Wildman–Crippen LogP) is 5.30. The van der Waals surface area contributed by atoms with Crippen molar-refractivity contribution in [3.8, 4) is 0 Å². The number of carbonyl (C=O) groups excluding carboxylic acids is 1. The number of methoxy groups -OCH3 is 1. The molecular weight excluding hydrogens is 370 g/mol. The lowest BCUT2D eigenvalue weighted by Crippen LogP contribution is -2.51. The lowest BCUT2D eigenvalue weighted by Gasteiger charge is -2.42. The molecule has 0 amide bonds. The quantitative estimate of drug-likeness (QED) is 0.451. The molecule has 4 rings (SSSR count). The summed E-state index contributed by atoms with van der Waals surface area (Å²) in [5, 5.41) is 4.04. The Morgan fingerprint density at radius 1 is 0.733 bits per heavy atom. The van der Waals surface area contributed by atoms with Crippen LogP contribution in [-0.2, 0) is 15.1 Å². The second-order valence-electron chi connectivity index (χ2n) is 8.06. The molecule has 1 N–H and O–H groups in total. The van der Waals surface area contributed by atoms with Gasteiger partial charge in [0.2, 0.25) is 0 Å². The number of ether oxygens (including phenoxy) is 1. The maximum Gasteiger partial charge on any atom is 0.308 e. The van der Waals surface area contributed by atoms with Crippen molar-refractivity contribution in [3.05, 3.63) is 108 Å². The highest BCUT2D eigenvalue weighted by atomic mass is 16.5. The Hall–Kier alpha value is -2.91. The molecule has 1 aliphatic rings. The highest BCUT2D eigenvalue weighted by molar-refractivity contribution is 5.72. The van der Waals surface area contributed by atoms with E-state index in [1.165, 1.54) is 23.8 Å². The lowest BCUT2D eigenvalue weighted by molar-refractivity contribution is -0.146. The second-order valence-corrected chi connectivity index (χ2v) is 8.06. The van der Waals surface area contributed by atoms with E-state index in [0.717, 1.165) is 25.7 Å². The van der Waals surface area contributed by atoms with E-state index in [-0.39, 0.29) is 11.9 Å². The molecule has 0 saturated heterocycles. The molecule has 0 atom stereocenters. The van der Waals surface area contributed by atoms with Gasteiger partial charge in [-0.05, 0) is 42.4 Å². The zero-order chi connectivity index (χ0) is 20.8. The molecule has 0 heterocycles. The molecule has 0 aromatic heterocycles. The van der Waals surface area contributed by atoms with Crippen LogP contribution in [-0.4, -0.2) is 19.1 Å². The van der Waals surface area contributed by atoms with Crippen molar-refractivity contribution >= 4 is 5.97 Å². The SMILES string of the molecule is COC(=O)C1CCC(NC(c2ccccc2)(c2ccccc2)c2ccccc2)CC1. The molecule has 1 fully saturated rings. The summed E-state index contributed by atoms with van der Waals surface area (Å²) in [5.41, 5.74) is 3.21. The number of benzene rings is 3. The minimum atomic E-state index is -0.452. The molecule has 3 nitrogen and oxygen atoms in total. The topological polar surface area (TPSA) is 38.3 Å². The molecule has 0 radical (unpaired) electrons. The minimum Gasteiger partial charge on any atom is -0.469 e. The molecule has 154 valence electrons. The van der Waals surface area contributed by atoms with Crippen LogP contribution in [0.3, 0.4) is 0 Å². The van der Waals surface area contributed by atoms with Crippen LogP contribution in [0.2, 0.25) is 0 Å². The highest BCUT2D eigenvalue weighted by Crippen LogP contribution is 2.39. The Balaban J connectivity index is 1.75. The third-order valence-corrected chi connectivity index (χ3v) is 6.30. The van der Waals surface area contributed by atoms with Gasteiger partial charge < -0.3 is 4.74 Å². The van der Waals surface area contributed by atoms with E-state index in [1.807, 2.05) is 0 Å². The van der Waals surface area contributed by atoms with Crippen molar-refractivity contribution in [2.24, 2.45) is 5.92 Å². The smallest absolute Gasteiger partial charge is 0.308 e. The fourth-order valence-corrected chi connectivity index (χ4v) is 4.76. The van der Waals surface area contributed by atoms with Crippen LogP contribution < -0.4 is 5.32 Å². The molecule has 3 aromatic carbocycles. The zero-order valence-electron chi connectivity index (χ0n) is 17.5. The lowest BCUT2D eigenvalue weighted by atomic mass is 9.75. The third kappa shape index (κ3) is 4.03. The van der Waals surface area contributed by atoms with Gasteiger partial charge in [-0.3, -0.25) is 10.1 Å². The van der Waals surface area contributed by atoms with Gasteiger partial charge in [-0.25, -0.2) is 0 Å². The van der Waals surface area contributed by atoms with E-state index in [4.69, 9.17) is 4.74 Å². The Bertz CT molecular complexity index is 836. The Labute approximate surface area is 179 Å². The van der Waals surface area contributed by atoms with E-state index >= 15 is 0 Å². The van der Waals surface area contributed by atoms with Gasteiger partial charge in [0.25, 0.3) is 0 Å². The van der Waals surface area contributed by atoms with Gasteiger partial charge in [-0.15, -0.1) is 0 Å². The largest absolute Gasteiger partial charge is 0.469 e. The first-order valence-corrected chi connectivity index (χ1v) is 10.8. The number of carbonyl (C=O) groups is 1. The van der Waals surface area contributed by atoms with Gasteiger partial charge in [0.15, 0.2) is 0 Å². The normalized spacial score (nSPS) is 19.2. The van der Waals surface area contributed by atoms with Crippen molar-refractivity contribution < 1.29 is 9.53 Å². The Kier molecular flexibility index (Phi) is 6.29. The standard InChI is InChI=1S/C27H29NO2/c1-30-26(29)21-17-19-25(20-18-21)28-27(22-11-5-2-6-12-22,23-13-7-3-8-14-23)24-15-9-4-10-16-24/h2-16,21,25,28H,17-20H2,1H3. The number of nitrogens with one attached hydrogen (secondary N) is 1. The average Bonchev–Trinajstić information content (AvgIpc) is 2.84. The van der Waals surface area contributed by atoms with Crippen molar-refractivity contribution in [2.45, 2.75) is 37.3 Å². The molecule has 0 aliphatic heterocycles. The van der Waals surface area contributed by atoms with Crippen molar-refractivity contribution in [1.29, 1.82) is 0 Å². The van der Waals surface area contributed by atoms with Crippen molar-refractivity contribution in [3.63, 3.8) is 0 Å². The fraction of sp³-hybridized carbons (Fsp3) is 0.296. The van der Waals surface area contributed by atoms with Crippen molar-refractivity contribution in [1.82, 2.24) is 5.32 Å². The number of rotatable bonds is 6. The first-order chi connectivity index (χ1) is 14.7. The van der Waals surface area contributed by atoms with E-state index < -0.39 is 5.54 Å². The average molecular weight is 400 g/mol. The molecule has 0 unspecified atom stereocenters. The van der Waals surface area contributed by atoms with E-state index in [2.05, 4.69) is 96.3 Å². The summed E-state index contributed by atoms with van der Waals surface area (Å²) in [7, 11) is 1.48. The summed E-state index contributed by atoms with van der Waals surface area (Å²) >= 11 is 0. The number of esters is 1. The summed E-state index contributed by atoms with van der Waals surface area (Å²) in [6.45, 7) is 0. The number of hydrogen-bond donors (Lipinski definition) is 1. The van der Waals surface area contributed by atoms with Crippen LogP contribution in [0.1, 0.15) is 42.4 Å². The number of hydrogen-bond acceptors (Lipinski definition) is 3. The summed E-state index contributed by atoms with van der Waals surface area (Å²) in [4.78, 5) is 12.0. The maximum absolute atomic E-state index is 12.0. The summed E-state index contributed by atoms with van der Waals surface area (Å²) in [6.07, 6.45) is 3.62. The predicted molar refractivity (Wildman–Crippen MR) is 120 cm³/mol. The van der Waals surface area contributed by atoms with Crippen LogP contribution in [0.4, 0.5) is 0 Å². The second kappa shape index (κ2) is 9.27. The monoisotopic (exact) mass is 399 g/mol. The Morgan fingerprint density at radius 3 is 1.50 bits per heavy atom. The van der Waals surface area contributed by atoms with Gasteiger partial charge in [-0.2, -0.15) is 0 Å². The highest BCUT2D eigenvalue weighted by Gasteiger charge is 2.39. The maximum atomic E-state index is 12.0. The minimum absolute atomic E-state index is 0.0209. The van der Waals surface area contributed by atoms with E-state index in [1.54, 1.807) is 0 Å². The molecular formula is C27H29NO2. The van der Waals surface area contributed by atoms with E-state index in [0.29, 0.717) is 6.04 Å². The summed E-state index contributed by atoms with van der Waals surface area (Å²) < 4.78 is 4.97. The van der Waals surface area contributed by atoms with Crippen molar-refractivity contribution in [2.75, 3.05) is 7.11 Å². The van der Waals surface area contributed by atoms with Gasteiger partial charge in [0.1, 0.15) is 0 Å². The molecule has 3 aromatic rings. The molecule has 0 spiro atoms.